The third-order valence-electron chi connectivity index (χ3n) is 3.99. The van der Waals surface area contributed by atoms with Crippen molar-refractivity contribution in [1.29, 1.82) is 0 Å². The van der Waals surface area contributed by atoms with E-state index in [0.29, 0.717) is 25.4 Å². The molecule has 0 unspecified atom stereocenters. The number of hydrogen-bond acceptors (Lipinski definition) is 2. The number of alkyl halides is 3. The molecule has 114 valence electrons. The zero-order chi connectivity index (χ0) is 14.9. The molecular formula is C13H19F3N2O2. The first kappa shape index (κ1) is 15.1. The molecule has 20 heavy (non-hydrogen) atoms. The van der Waals surface area contributed by atoms with Crippen LogP contribution in [0.3, 0.4) is 0 Å². The van der Waals surface area contributed by atoms with Crippen LogP contribution in [0.5, 0.6) is 0 Å². The lowest BCUT2D eigenvalue weighted by Crippen LogP contribution is -2.48. The molecular weight excluding hydrogens is 273 g/mol. The van der Waals surface area contributed by atoms with Crippen molar-refractivity contribution in [3.63, 3.8) is 0 Å². The Morgan fingerprint density at radius 2 is 1.70 bits per heavy atom. The summed E-state index contributed by atoms with van der Waals surface area (Å²) < 4.78 is 37.0. The number of halogens is 3. The summed E-state index contributed by atoms with van der Waals surface area (Å²) >= 11 is 0. The maximum absolute atomic E-state index is 12.3. The molecule has 2 rings (SSSR count). The largest absolute Gasteiger partial charge is 0.471 e. The highest BCUT2D eigenvalue weighted by Crippen LogP contribution is 2.30. The van der Waals surface area contributed by atoms with E-state index in [4.69, 9.17) is 0 Å². The van der Waals surface area contributed by atoms with E-state index in [0.717, 1.165) is 17.7 Å². The fraction of sp³-hybridized carbons (Fsp3) is 0.846. The van der Waals surface area contributed by atoms with Crippen LogP contribution in [0.1, 0.15) is 32.6 Å². The number of amides is 2. The van der Waals surface area contributed by atoms with Crippen molar-refractivity contribution in [3.8, 4) is 0 Å². The molecule has 0 aromatic rings. The maximum atomic E-state index is 12.3. The highest BCUT2D eigenvalue weighted by atomic mass is 19.4. The van der Waals surface area contributed by atoms with Gasteiger partial charge in [0.2, 0.25) is 5.91 Å². The van der Waals surface area contributed by atoms with E-state index < -0.39 is 12.1 Å². The van der Waals surface area contributed by atoms with E-state index in [1.165, 1.54) is 0 Å². The summed E-state index contributed by atoms with van der Waals surface area (Å²) in [5, 5.41) is 0. The Hall–Kier alpha value is -1.27. The number of likely N-dealkylation sites (tertiary alicyclic amines) is 1. The number of carbonyl (C=O) groups is 2. The number of carbonyl (C=O) groups excluding carboxylic acids is 2. The number of nitrogens with zero attached hydrogens (tertiary/aromatic N) is 2. The minimum absolute atomic E-state index is 0.0109. The topological polar surface area (TPSA) is 40.6 Å². The molecule has 0 aromatic carbocycles. The average Bonchev–Trinajstić information content (AvgIpc) is 3.22. The Kier molecular flexibility index (Phi) is 4.25. The molecule has 0 radical (unpaired) electrons. The van der Waals surface area contributed by atoms with Crippen LogP contribution in [-0.2, 0) is 9.59 Å². The van der Waals surface area contributed by atoms with E-state index >= 15 is 0 Å². The second-order valence-electron chi connectivity index (χ2n) is 5.42. The summed E-state index contributed by atoms with van der Waals surface area (Å²) in [6.45, 7) is 2.58. The molecule has 4 nitrogen and oxygen atoms in total. The van der Waals surface area contributed by atoms with Gasteiger partial charge in [-0.25, -0.2) is 0 Å². The number of rotatable bonds is 3. The van der Waals surface area contributed by atoms with E-state index in [1.54, 1.807) is 0 Å². The van der Waals surface area contributed by atoms with Crippen LogP contribution in [-0.4, -0.2) is 53.5 Å². The van der Waals surface area contributed by atoms with E-state index in [1.807, 2.05) is 11.8 Å². The van der Waals surface area contributed by atoms with Gasteiger partial charge in [-0.3, -0.25) is 9.59 Å². The molecule has 7 heteroatoms. The summed E-state index contributed by atoms with van der Waals surface area (Å²) in [5.41, 5.74) is 0. The van der Waals surface area contributed by atoms with Crippen molar-refractivity contribution in [2.75, 3.05) is 19.6 Å². The Labute approximate surface area is 115 Å². The Morgan fingerprint density at radius 1 is 1.15 bits per heavy atom. The van der Waals surface area contributed by atoms with Gasteiger partial charge in [0.1, 0.15) is 0 Å². The second-order valence-corrected chi connectivity index (χ2v) is 5.42. The molecule has 0 spiro atoms. The van der Waals surface area contributed by atoms with Gasteiger partial charge in [0, 0.05) is 31.6 Å². The molecule has 0 N–H and O–H groups in total. The normalized spacial score (nSPS) is 20.9. The second kappa shape index (κ2) is 5.61. The van der Waals surface area contributed by atoms with Crippen LogP contribution in [0, 0.1) is 5.92 Å². The van der Waals surface area contributed by atoms with Gasteiger partial charge in [0.15, 0.2) is 0 Å². The highest BCUT2D eigenvalue weighted by molar-refractivity contribution is 5.83. The van der Waals surface area contributed by atoms with Crippen LogP contribution in [0.2, 0.25) is 0 Å². The molecule has 2 fully saturated rings. The predicted molar refractivity (Wildman–Crippen MR) is 65.8 cm³/mol. The summed E-state index contributed by atoms with van der Waals surface area (Å²) in [7, 11) is 0. The van der Waals surface area contributed by atoms with Gasteiger partial charge in [-0.15, -0.1) is 0 Å². The van der Waals surface area contributed by atoms with Crippen molar-refractivity contribution in [2.24, 2.45) is 5.92 Å². The third-order valence-corrected chi connectivity index (χ3v) is 3.99. The lowest BCUT2D eigenvalue weighted by molar-refractivity contribution is -0.187. The monoisotopic (exact) mass is 292 g/mol. The molecule has 1 saturated heterocycles. The molecule has 1 aliphatic heterocycles. The van der Waals surface area contributed by atoms with Crippen LogP contribution in [0.15, 0.2) is 0 Å². The SMILES string of the molecule is CCN(C(=O)C1CCN(C(=O)C(F)(F)F)CC1)C1CC1. The Bertz CT molecular complexity index is 386. The van der Waals surface area contributed by atoms with Crippen molar-refractivity contribution >= 4 is 11.8 Å². The molecule has 2 aliphatic rings. The number of hydrogen-bond donors (Lipinski definition) is 0. The molecule has 1 heterocycles. The van der Waals surface area contributed by atoms with Crippen LogP contribution in [0.4, 0.5) is 13.2 Å². The molecule has 2 amide bonds. The lowest BCUT2D eigenvalue weighted by Gasteiger charge is -2.34. The van der Waals surface area contributed by atoms with E-state index in [2.05, 4.69) is 0 Å². The minimum Gasteiger partial charge on any atom is -0.340 e. The molecule has 0 aromatic heterocycles. The van der Waals surface area contributed by atoms with Gasteiger partial charge < -0.3 is 9.80 Å². The summed E-state index contributed by atoms with van der Waals surface area (Å²) in [6, 6.07) is 0.322. The molecule has 0 bridgehead atoms. The molecule has 1 aliphatic carbocycles. The smallest absolute Gasteiger partial charge is 0.340 e. The van der Waals surface area contributed by atoms with Crippen molar-refractivity contribution in [2.45, 2.75) is 44.8 Å². The zero-order valence-corrected chi connectivity index (χ0v) is 11.4. The predicted octanol–water partition coefficient (Wildman–Crippen LogP) is 1.80. The zero-order valence-electron chi connectivity index (χ0n) is 11.4. The van der Waals surface area contributed by atoms with Gasteiger partial charge in [-0.2, -0.15) is 13.2 Å². The fourth-order valence-corrected chi connectivity index (χ4v) is 2.72. The van der Waals surface area contributed by atoms with Crippen molar-refractivity contribution in [1.82, 2.24) is 9.80 Å². The van der Waals surface area contributed by atoms with Gasteiger partial charge in [0.25, 0.3) is 0 Å². The minimum atomic E-state index is -4.82. The molecule has 1 saturated carbocycles. The summed E-state index contributed by atoms with van der Waals surface area (Å²) in [5.74, 6) is -2.00. The highest BCUT2D eigenvalue weighted by Gasteiger charge is 2.44. The molecule has 0 atom stereocenters. The van der Waals surface area contributed by atoms with E-state index in [9.17, 15) is 22.8 Å². The quantitative estimate of drug-likeness (QED) is 0.796. The van der Waals surface area contributed by atoms with Gasteiger partial charge in [-0.1, -0.05) is 0 Å². The lowest BCUT2D eigenvalue weighted by atomic mass is 9.95. The van der Waals surface area contributed by atoms with Crippen LogP contribution in [0.25, 0.3) is 0 Å². The first-order valence-corrected chi connectivity index (χ1v) is 7.01. The van der Waals surface area contributed by atoms with Gasteiger partial charge >= 0.3 is 12.1 Å². The average molecular weight is 292 g/mol. The first-order chi connectivity index (χ1) is 9.34. The summed E-state index contributed by atoms with van der Waals surface area (Å²) in [6.07, 6.45) is -2.13. The van der Waals surface area contributed by atoms with Crippen LogP contribution < -0.4 is 0 Å². The van der Waals surface area contributed by atoms with Crippen LogP contribution >= 0.6 is 0 Å². The van der Waals surface area contributed by atoms with Gasteiger partial charge in [0.05, 0.1) is 0 Å². The van der Waals surface area contributed by atoms with E-state index in [-0.39, 0.29) is 24.9 Å². The maximum Gasteiger partial charge on any atom is 0.471 e. The van der Waals surface area contributed by atoms with Gasteiger partial charge in [-0.05, 0) is 32.6 Å². The van der Waals surface area contributed by atoms with Crippen molar-refractivity contribution in [3.05, 3.63) is 0 Å². The van der Waals surface area contributed by atoms with Crippen molar-refractivity contribution < 1.29 is 22.8 Å². The third kappa shape index (κ3) is 3.24. The Balaban J connectivity index is 1.87. The fourth-order valence-electron chi connectivity index (χ4n) is 2.72. The standard InChI is InChI=1S/C13H19F3N2O2/c1-2-18(10-3-4-10)11(19)9-5-7-17(8-6-9)12(20)13(14,15)16/h9-10H,2-8H2,1H3. The first-order valence-electron chi connectivity index (χ1n) is 7.01. The summed E-state index contributed by atoms with van der Waals surface area (Å²) in [4.78, 5) is 26.0. The number of piperidine rings is 1. The Morgan fingerprint density at radius 3 is 2.10 bits per heavy atom.